The van der Waals surface area contributed by atoms with Gasteiger partial charge in [0.1, 0.15) is 30.1 Å². The minimum absolute atomic E-state index is 0.0202. The Balaban J connectivity index is 1.34. The molecule has 1 aromatic carbocycles. The number of hydrogen-bond acceptors (Lipinski definition) is 12. The first-order chi connectivity index (χ1) is 18.8. The van der Waals surface area contributed by atoms with E-state index in [0.717, 1.165) is 12.8 Å². The summed E-state index contributed by atoms with van der Waals surface area (Å²) in [6, 6.07) is 3.36. The summed E-state index contributed by atoms with van der Waals surface area (Å²) in [4.78, 5) is 25.2. The van der Waals surface area contributed by atoms with Gasteiger partial charge in [-0.25, -0.2) is 15.0 Å². The maximum Gasteiger partial charge on any atom is 0.252 e. The molecule has 0 bridgehead atoms. The molecule has 0 radical (unpaired) electrons. The second kappa shape index (κ2) is 10.8. The molecule has 1 amide bonds. The molecule has 1 saturated heterocycles. The number of methoxy groups -OCH3 is 3. The lowest BCUT2D eigenvalue weighted by Crippen LogP contribution is -2.43. The third-order valence-electron chi connectivity index (χ3n) is 6.29. The Morgan fingerprint density at radius 3 is 2.51 bits per heavy atom. The lowest BCUT2D eigenvalue weighted by atomic mass is 10.1. The van der Waals surface area contributed by atoms with E-state index >= 15 is 0 Å². The van der Waals surface area contributed by atoms with Gasteiger partial charge in [0, 0.05) is 18.2 Å². The number of aliphatic hydroxyl groups excluding tert-OH is 2. The molecule has 5 rings (SSSR count). The predicted molar refractivity (Wildman–Crippen MR) is 135 cm³/mol. The highest BCUT2D eigenvalue weighted by atomic mass is 16.6. The van der Waals surface area contributed by atoms with E-state index in [2.05, 4.69) is 32.1 Å². The van der Waals surface area contributed by atoms with Crippen LogP contribution in [0, 0.1) is 11.8 Å². The van der Waals surface area contributed by atoms with E-state index in [1.165, 1.54) is 32.2 Å². The van der Waals surface area contributed by atoms with Gasteiger partial charge in [-0.05, 0) is 18.8 Å². The number of nitrogens with two attached hydrogens (primary N) is 1. The number of aliphatic hydroxyl groups is 2. The summed E-state index contributed by atoms with van der Waals surface area (Å²) in [5, 5.41) is 23.9. The van der Waals surface area contributed by atoms with Gasteiger partial charge in [-0.3, -0.25) is 9.36 Å². The van der Waals surface area contributed by atoms with Crippen molar-refractivity contribution in [2.45, 2.75) is 43.4 Å². The molecule has 3 aromatic rings. The van der Waals surface area contributed by atoms with E-state index < -0.39 is 30.4 Å². The van der Waals surface area contributed by atoms with Crippen molar-refractivity contribution in [1.82, 2.24) is 24.8 Å². The Morgan fingerprint density at radius 2 is 1.87 bits per heavy atom. The highest BCUT2D eigenvalue weighted by Gasteiger charge is 2.48. The number of nitrogens with zero attached hydrogens (tertiary/aromatic N) is 4. The maximum absolute atomic E-state index is 12.5. The number of benzene rings is 1. The molecule has 206 valence electrons. The zero-order chi connectivity index (χ0) is 27.7. The van der Waals surface area contributed by atoms with Gasteiger partial charge in [-0.1, -0.05) is 5.92 Å². The largest absolute Gasteiger partial charge is 0.493 e. The molecule has 0 spiro atoms. The van der Waals surface area contributed by atoms with Crippen molar-refractivity contribution in [2.24, 2.45) is 0 Å². The van der Waals surface area contributed by atoms with Gasteiger partial charge >= 0.3 is 0 Å². The first kappa shape index (κ1) is 26.3. The molecule has 1 saturated carbocycles. The normalized spacial score (nSPS) is 22.2. The molecule has 3 heterocycles. The van der Waals surface area contributed by atoms with Crippen LogP contribution >= 0.6 is 0 Å². The lowest BCUT2D eigenvalue weighted by Gasteiger charge is -2.16. The van der Waals surface area contributed by atoms with Crippen molar-refractivity contribution in [3.8, 4) is 34.8 Å². The number of imidazole rings is 1. The van der Waals surface area contributed by atoms with Crippen LogP contribution in [-0.2, 0) is 9.53 Å². The van der Waals surface area contributed by atoms with Gasteiger partial charge in [0.25, 0.3) is 5.91 Å². The fraction of sp³-hybridized carbons (Fsp3) is 0.440. The molecule has 2 fully saturated rings. The van der Waals surface area contributed by atoms with Gasteiger partial charge < -0.3 is 44.9 Å². The summed E-state index contributed by atoms with van der Waals surface area (Å²) in [5.41, 5.74) is 6.55. The summed E-state index contributed by atoms with van der Waals surface area (Å²) in [7, 11) is 4.51. The molecular weight excluding hydrogens is 512 g/mol. The fourth-order valence-electron chi connectivity index (χ4n) is 4.17. The number of anilines is 1. The van der Waals surface area contributed by atoms with Gasteiger partial charge in [0.2, 0.25) is 11.6 Å². The quantitative estimate of drug-likeness (QED) is 0.275. The average Bonchev–Trinajstić information content (AvgIpc) is 3.57. The van der Waals surface area contributed by atoms with Gasteiger partial charge in [-0.2, -0.15) is 0 Å². The van der Waals surface area contributed by atoms with E-state index in [9.17, 15) is 15.0 Å². The minimum Gasteiger partial charge on any atom is -0.493 e. The van der Waals surface area contributed by atoms with Gasteiger partial charge in [0.15, 0.2) is 35.3 Å². The smallest absolute Gasteiger partial charge is 0.252 e. The third kappa shape index (κ3) is 5.19. The topological polar surface area (TPSA) is 185 Å². The first-order valence-corrected chi connectivity index (χ1v) is 12.1. The third-order valence-corrected chi connectivity index (χ3v) is 6.29. The van der Waals surface area contributed by atoms with Crippen molar-refractivity contribution in [3.05, 3.63) is 24.3 Å². The van der Waals surface area contributed by atoms with E-state index in [-0.39, 0.29) is 35.5 Å². The van der Waals surface area contributed by atoms with E-state index in [4.69, 9.17) is 29.4 Å². The second-order valence-electron chi connectivity index (χ2n) is 8.92. The molecule has 4 atom stereocenters. The molecule has 14 nitrogen and oxygen atoms in total. The summed E-state index contributed by atoms with van der Waals surface area (Å²) in [5.74, 6) is 7.01. The molecule has 39 heavy (non-hydrogen) atoms. The first-order valence-electron chi connectivity index (χ1n) is 12.1. The van der Waals surface area contributed by atoms with Crippen molar-refractivity contribution in [1.29, 1.82) is 0 Å². The Hall–Kier alpha value is -4.32. The summed E-state index contributed by atoms with van der Waals surface area (Å²) >= 11 is 0. The Morgan fingerprint density at radius 1 is 1.15 bits per heavy atom. The van der Waals surface area contributed by atoms with Crippen LogP contribution in [0.3, 0.4) is 0 Å². The van der Waals surface area contributed by atoms with Crippen LogP contribution in [0.1, 0.15) is 24.9 Å². The maximum atomic E-state index is 12.5. The second-order valence-corrected chi connectivity index (χ2v) is 8.92. The zero-order valence-corrected chi connectivity index (χ0v) is 21.5. The van der Waals surface area contributed by atoms with Crippen LogP contribution in [0.15, 0.2) is 18.5 Å². The number of carbonyl (C=O) groups excluding carboxylic acids is 1. The number of hydrogen-bond donors (Lipinski definition) is 4. The van der Waals surface area contributed by atoms with E-state index in [0.29, 0.717) is 23.0 Å². The molecule has 4 unspecified atom stereocenters. The van der Waals surface area contributed by atoms with E-state index in [1.54, 1.807) is 12.1 Å². The van der Waals surface area contributed by atoms with Crippen molar-refractivity contribution < 1.29 is 38.7 Å². The molecule has 2 aliphatic rings. The van der Waals surface area contributed by atoms with Crippen LogP contribution in [0.25, 0.3) is 11.2 Å². The molecule has 1 aliphatic heterocycles. The molecule has 5 N–H and O–H groups in total. The number of amides is 1. The lowest BCUT2D eigenvalue weighted by molar-refractivity contribution is -0.137. The van der Waals surface area contributed by atoms with Crippen LogP contribution in [0.4, 0.5) is 5.82 Å². The molecule has 2 aromatic heterocycles. The summed E-state index contributed by atoms with van der Waals surface area (Å²) < 4.78 is 28.8. The number of fused-ring (bicyclic) bond motifs is 1. The summed E-state index contributed by atoms with van der Waals surface area (Å²) in [6.07, 6.45) is -2.11. The molecular formula is C25H28N6O8. The monoisotopic (exact) mass is 540 g/mol. The Kier molecular flexibility index (Phi) is 7.29. The number of nitrogens with one attached hydrogen (secondary N) is 1. The van der Waals surface area contributed by atoms with Crippen LogP contribution in [0.5, 0.6) is 23.0 Å². The standard InChI is InChI=1S/C25H28N6O8/c1-35-14-9-13(10-15(36-2)20(14)37-3)38-8-4-5-16-29-22(26)17-23(30-16)31(11-27-17)25-19(33)18(32)21(39-25)24(34)28-12-6-7-12/h9-12,18-19,21,25,32-33H,6-8H2,1-3H3,(H,28,34)(H2,26,29,30). The fourth-order valence-corrected chi connectivity index (χ4v) is 4.17. The zero-order valence-electron chi connectivity index (χ0n) is 21.5. The number of nitrogen functional groups attached to an aromatic ring is 1. The number of aromatic nitrogens is 4. The highest BCUT2D eigenvalue weighted by molar-refractivity contribution is 5.83. The van der Waals surface area contributed by atoms with Gasteiger partial charge in [0.05, 0.1) is 27.7 Å². The average molecular weight is 541 g/mol. The number of rotatable bonds is 8. The van der Waals surface area contributed by atoms with Crippen LogP contribution in [-0.4, -0.2) is 87.9 Å². The van der Waals surface area contributed by atoms with Gasteiger partial charge in [-0.15, -0.1) is 0 Å². The van der Waals surface area contributed by atoms with Crippen molar-refractivity contribution in [3.63, 3.8) is 0 Å². The van der Waals surface area contributed by atoms with Crippen LogP contribution < -0.4 is 30.0 Å². The predicted octanol–water partition coefficient (Wildman–Crippen LogP) is -0.237. The number of carbonyl (C=O) groups is 1. The molecule has 14 heteroatoms. The SMILES string of the molecule is COc1cc(OCC#Cc2nc(N)c3ncn(C4OC(C(=O)NC5CC5)C(O)C4O)c3n2)cc(OC)c1OC. The minimum atomic E-state index is -1.43. The summed E-state index contributed by atoms with van der Waals surface area (Å²) in [6.45, 7) is -0.0202. The van der Waals surface area contributed by atoms with Crippen LogP contribution in [0.2, 0.25) is 0 Å². The van der Waals surface area contributed by atoms with Crippen molar-refractivity contribution in [2.75, 3.05) is 33.7 Å². The molecule has 1 aliphatic carbocycles. The van der Waals surface area contributed by atoms with Crippen molar-refractivity contribution >= 4 is 22.9 Å². The van der Waals surface area contributed by atoms with E-state index in [1.807, 2.05) is 0 Å². The number of ether oxygens (including phenoxy) is 5. The highest BCUT2D eigenvalue weighted by Crippen LogP contribution is 2.40. The Bertz CT molecular complexity index is 1420. The Labute approximate surface area is 223 Å².